The van der Waals surface area contributed by atoms with E-state index in [1.165, 1.54) is 15.3 Å². The average molecular weight is 420 g/mol. The first kappa shape index (κ1) is 21.0. The van der Waals surface area contributed by atoms with Crippen LogP contribution in [0.1, 0.15) is 29.3 Å². The van der Waals surface area contributed by atoms with Crippen molar-refractivity contribution in [3.05, 3.63) is 104 Å². The van der Waals surface area contributed by atoms with E-state index in [-0.39, 0.29) is 12.1 Å². The summed E-state index contributed by atoms with van der Waals surface area (Å²) < 4.78 is 14.3. The van der Waals surface area contributed by atoms with Crippen LogP contribution in [0.5, 0.6) is 0 Å². The van der Waals surface area contributed by atoms with Crippen LogP contribution in [0.2, 0.25) is 0 Å². The van der Waals surface area contributed by atoms with E-state index in [4.69, 9.17) is 9.47 Å². The third-order valence-electron chi connectivity index (χ3n) is 5.42. The highest BCUT2D eigenvalue weighted by Gasteiger charge is 2.37. The molecule has 2 heterocycles. The van der Waals surface area contributed by atoms with Crippen molar-refractivity contribution in [1.82, 2.24) is 9.13 Å². The molecule has 0 bridgehead atoms. The molecule has 1 aliphatic heterocycles. The summed E-state index contributed by atoms with van der Waals surface area (Å²) >= 11 is 0. The van der Waals surface area contributed by atoms with Gasteiger partial charge in [0.1, 0.15) is 12.3 Å². The lowest BCUT2D eigenvalue weighted by atomic mass is 10.2. The summed E-state index contributed by atoms with van der Waals surface area (Å²) in [6.07, 6.45) is 0.579. The van der Waals surface area contributed by atoms with E-state index >= 15 is 0 Å². The molecule has 0 N–H and O–H groups in total. The van der Waals surface area contributed by atoms with Gasteiger partial charge in [0, 0.05) is 18.2 Å². The van der Waals surface area contributed by atoms with Gasteiger partial charge < -0.3 is 14.3 Å². The summed E-state index contributed by atoms with van der Waals surface area (Å²) in [4.78, 5) is 37.3. The molecule has 2 aromatic carbocycles. The fourth-order valence-corrected chi connectivity index (χ4v) is 3.77. The zero-order valence-electron chi connectivity index (χ0n) is 17.2. The molecule has 31 heavy (non-hydrogen) atoms. The van der Waals surface area contributed by atoms with E-state index in [2.05, 4.69) is 0 Å². The number of ether oxygens (including phenoxy) is 2. The molecule has 160 valence electrons. The van der Waals surface area contributed by atoms with Crippen LogP contribution in [0, 0.1) is 6.92 Å². The first-order valence-electron chi connectivity index (χ1n) is 10.2. The van der Waals surface area contributed by atoms with Crippen molar-refractivity contribution < 1.29 is 14.3 Å². The summed E-state index contributed by atoms with van der Waals surface area (Å²) in [6, 6.07) is 19.0. The number of aldehydes is 1. The summed E-state index contributed by atoms with van der Waals surface area (Å²) in [5.74, 6) is 0. The standard InChI is InChI=1S/C24H24N2O5/c1-17-13-25(24(29)26(23(17)28)14-18-8-4-2-5-9-18)22-12-20(21(15-27)31-22)30-16-19-10-6-3-7-11-19/h2-11,13,15,20-22H,12,14,16H2,1H3/t20-,21+,22+/m0/s1. The molecule has 7 heteroatoms. The molecule has 0 aliphatic carbocycles. The largest absolute Gasteiger partial charge is 0.370 e. The number of aromatic nitrogens is 2. The molecule has 4 rings (SSSR count). The Morgan fingerprint density at radius 2 is 1.68 bits per heavy atom. The van der Waals surface area contributed by atoms with E-state index in [0.29, 0.717) is 24.9 Å². The molecule has 0 spiro atoms. The van der Waals surface area contributed by atoms with Gasteiger partial charge in [-0.2, -0.15) is 0 Å². The normalized spacial score (nSPS) is 20.6. The lowest BCUT2D eigenvalue weighted by Gasteiger charge is -2.17. The van der Waals surface area contributed by atoms with Crippen molar-refractivity contribution in [3.8, 4) is 0 Å². The fourth-order valence-electron chi connectivity index (χ4n) is 3.77. The molecule has 0 unspecified atom stereocenters. The topological polar surface area (TPSA) is 79.5 Å². The summed E-state index contributed by atoms with van der Waals surface area (Å²) in [5, 5.41) is 0. The highest BCUT2D eigenvalue weighted by atomic mass is 16.6. The predicted molar refractivity (Wildman–Crippen MR) is 115 cm³/mol. The third kappa shape index (κ3) is 4.57. The fraction of sp³-hybridized carbons (Fsp3) is 0.292. The number of aryl methyl sites for hydroxylation is 1. The van der Waals surface area contributed by atoms with Crippen LogP contribution in [-0.2, 0) is 27.4 Å². The van der Waals surface area contributed by atoms with E-state index in [1.54, 1.807) is 6.92 Å². The van der Waals surface area contributed by atoms with Crippen LogP contribution >= 0.6 is 0 Å². The van der Waals surface area contributed by atoms with Gasteiger partial charge in [0.15, 0.2) is 6.29 Å². The highest BCUT2D eigenvalue weighted by molar-refractivity contribution is 5.57. The van der Waals surface area contributed by atoms with Crippen molar-refractivity contribution in [2.75, 3.05) is 0 Å². The molecule has 0 amide bonds. The van der Waals surface area contributed by atoms with E-state index in [9.17, 15) is 14.4 Å². The Hall–Kier alpha value is -3.29. The average Bonchev–Trinajstić information content (AvgIpc) is 3.22. The van der Waals surface area contributed by atoms with Gasteiger partial charge >= 0.3 is 5.69 Å². The van der Waals surface area contributed by atoms with E-state index in [0.717, 1.165) is 11.1 Å². The van der Waals surface area contributed by atoms with Gasteiger partial charge in [-0.1, -0.05) is 60.7 Å². The second-order valence-corrected chi connectivity index (χ2v) is 7.64. The summed E-state index contributed by atoms with van der Waals surface area (Å²) in [7, 11) is 0. The number of benzene rings is 2. The Morgan fingerprint density at radius 1 is 1.03 bits per heavy atom. The van der Waals surface area contributed by atoms with Crippen LogP contribution in [0.15, 0.2) is 76.4 Å². The van der Waals surface area contributed by atoms with Crippen LogP contribution in [-0.4, -0.2) is 27.6 Å². The number of hydrogen-bond acceptors (Lipinski definition) is 5. The summed E-state index contributed by atoms with van der Waals surface area (Å²) in [5.41, 5.74) is 1.45. The molecule has 1 aliphatic rings. The Labute approximate surface area is 179 Å². The lowest BCUT2D eigenvalue weighted by molar-refractivity contribution is -0.125. The maximum atomic E-state index is 13.1. The van der Waals surface area contributed by atoms with Crippen LogP contribution in [0.3, 0.4) is 0 Å². The van der Waals surface area contributed by atoms with Gasteiger partial charge in [-0.25, -0.2) is 4.79 Å². The maximum absolute atomic E-state index is 13.1. The first-order valence-corrected chi connectivity index (χ1v) is 10.2. The monoisotopic (exact) mass is 420 g/mol. The maximum Gasteiger partial charge on any atom is 0.333 e. The van der Waals surface area contributed by atoms with Crippen molar-refractivity contribution in [3.63, 3.8) is 0 Å². The Balaban J connectivity index is 1.58. The SMILES string of the molecule is Cc1cn([C@H]2C[C@H](OCc3ccccc3)[C@@H](C=O)O2)c(=O)n(Cc2ccccc2)c1=O. The number of carbonyl (C=O) groups excluding carboxylic acids is 1. The molecule has 3 atom stereocenters. The smallest absolute Gasteiger partial charge is 0.333 e. The van der Waals surface area contributed by atoms with Crippen LogP contribution in [0.25, 0.3) is 0 Å². The molecule has 3 aromatic rings. The van der Waals surface area contributed by atoms with Gasteiger partial charge in [0.05, 0.1) is 19.3 Å². The molecular formula is C24H24N2O5. The van der Waals surface area contributed by atoms with Gasteiger partial charge in [0.2, 0.25) is 0 Å². The van der Waals surface area contributed by atoms with Gasteiger partial charge in [0.25, 0.3) is 5.56 Å². The minimum atomic E-state index is -0.782. The van der Waals surface area contributed by atoms with Gasteiger partial charge in [-0.15, -0.1) is 0 Å². The quantitative estimate of drug-likeness (QED) is 0.549. The predicted octanol–water partition coefficient (Wildman–Crippen LogP) is 2.44. The van der Waals surface area contributed by atoms with Crippen molar-refractivity contribution in [2.45, 2.75) is 44.9 Å². The Morgan fingerprint density at radius 3 is 2.32 bits per heavy atom. The summed E-state index contributed by atoms with van der Waals surface area (Å²) in [6.45, 7) is 2.17. The zero-order chi connectivity index (χ0) is 21.8. The number of nitrogens with zero attached hydrogens (tertiary/aromatic N) is 2. The molecule has 1 aromatic heterocycles. The molecular weight excluding hydrogens is 396 g/mol. The Bertz CT molecular complexity index is 1150. The second-order valence-electron chi connectivity index (χ2n) is 7.64. The number of hydrogen-bond donors (Lipinski definition) is 0. The minimum Gasteiger partial charge on any atom is -0.370 e. The lowest BCUT2D eigenvalue weighted by Crippen LogP contribution is -2.42. The van der Waals surface area contributed by atoms with Crippen LogP contribution < -0.4 is 11.2 Å². The van der Waals surface area contributed by atoms with Gasteiger partial charge in [-0.05, 0) is 18.1 Å². The van der Waals surface area contributed by atoms with Crippen molar-refractivity contribution >= 4 is 6.29 Å². The van der Waals surface area contributed by atoms with E-state index in [1.807, 2.05) is 60.7 Å². The zero-order valence-corrected chi connectivity index (χ0v) is 17.2. The van der Waals surface area contributed by atoms with Crippen LogP contribution in [0.4, 0.5) is 0 Å². The van der Waals surface area contributed by atoms with Crippen molar-refractivity contribution in [1.29, 1.82) is 0 Å². The van der Waals surface area contributed by atoms with E-state index < -0.39 is 24.1 Å². The molecule has 0 saturated carbocycles. The highest BCUT2D eigenvalue weighted by Crippen LogP contribution is 2.29. The number of carbonyl (C=O) groups is 1. The molecule has 0 radical (unpaired) electrons. The van der Waals surface area contributed by atoms with Crippen molar-refractivity contribution in [2.24, 2.45) is 0 Å². The number of rotatable bonds is 7. The molecule has 7 nitrogen and oxygen atoms in total. The molecule has 1 fully saturated rings. The minimum absolute atomic E-state index is 0.165. The second kappa shape index (κ2) is 9.24. The third-order valence-corrected chi connectivity index (χ3v) is 5.42. The van der Waals surface area contributed by atoms with Gasteiger partial charge in [-0.3, -0.25) is 13.9 Å². The Kier molecular flexibility index (Phi) is 6.25. The first-order chi connectivity index (χ1) is 15.1. The molecule has 1 saturated heterocycles.